The highest BCUT2D eigenvalue weighted by molar-refractivity contribution is 7.92. The molecule has 6 nitrogen and oxygen atoms in total. The largest absolute Gasteiger partial charge is 0.486 e. The molecule has 0 saturated carbocycles. The molecular formula is C11H16N2O4S. The molecule has 2 rings (SSSR count). The Morgan fingerprint density at radius 2 is 1.94 bits per heavy atom. The highest BCUT2D eigenvalue weighted by Gasteiger charge is 2.14. The van der Waals surface area contributed by atoms with Gasteiger partial charge in [0.2, 0.25) is 10.0 Å². The smallest absolute Gasteiger partial charge is 0.233 e. The van der Waals surface area contributed by atoms with Crippen molar-refractivity contribution >= 4 is 15.7 Å². The van der Waals surface area contributed by atoms with E-state index in [9.17, 15) is 8.42 Å². The lowest BCUT2D eigenvalue weighted by atomic mass is 10.3. The maximum absolute atomic E-state index is 11.7. The predicted molar refractivity (Wildman–Crippen MR) is 68.8 cm³/mol. The van der Waals surface area contributed by atoms with Gasteiger partial charge in [0.25, 0.3) is 0 Å². The summed E-state index contributed by atoms with van der Waals surface area (Å²) in [5, 5.41) is 2.80. The number of ether oxygens (including phenoxy) is 2. The molecule has 0 amide bonds. The third kappa shape index (κ3) is 3.27. The Kier molecular flexibility index (Phi) is 3.93. The lowest BCUT2D eigenvalue weighted by molar-refractivity contribution is 0.171. The SMILES string of the molecule is CNCCS(=O)(=O)Nc1ccc2c(c1)OCCO2. The first-order valence-electron chi connectivity index (χ1n) is 5.65. The predicted octanol–water partition coefficient (Wildman–Crippen LogP) is 0.419. The third-order valence-corrected chi connectivity index (χ3v) is 3.72. The van der Waals surface area contributed by atoms with Crippen molar-refractivity contribution in [2.24, 2.45) is 0 Å². The fraction of sp³-hybridized carbons (Fsp3) is 0.455. The Labute approximate surface area is 106 Å². The molecule has 0 atom stereocenters. The van der Waals surface area contributed by atoms with Crippen LogP contribution in [0.3, 0.4) is 0 Å². The summed E-state index contributed by atoms with van der Waals surface area (Å²) in [6, 6.07) is 4.99. The van der Waals surface area contributed by atoms with E-state index >= 15 is 0 Å². The molecule has 0 aliphatic carbocycles. The molecule has 18 heavy (non-hydrogen) atoms. The molecule has 1 aromatic carbocycles. The molecule has 7 heteroatoms. The topological polar surface area (TPSA) is 76.7 Å². The van der Waals surface area contributed by atoms with Crippen molar-refractivity contribution in [3.63, 3.8) is 0 Å². The second kappa shape index (κ2) is 5.45. The Hall–Kier alpha value is -1.47. The second-order valence-electron chi connectivity index (χ2n) is 3.88. The molecule has 100 valence electrons. The number of anilines is 1. The van der Waals surface area contributed by atoms with Crippen LogP contribution in [0.1, 0.15) is 0 Å². The number of sulfonamides is 1. The molecule has 0 fully saturated rings. The molecular weight excluding hydrogens is 256 g/mol. The van der Waals surface area contributed by atoms with Gasteiger partial charge < -0.3 is 14.8 Å². The van der Waals surface area contributed by atoms with Crippen LogP contribution in [0.4, 0.5) is 5.69 Å². The molecule has 1 aromatic rings. The molecule has 2 N–H and O–H groups in total. The van der Waals surface area contributed by atoms with Crippen molar-refractivity contribution < 1.29 is 17.9 Å². The van der Waals surface area contributed by atoms with Crippen LogP contribution >= 0.6 is 0 Å². The fourth-order valence-corrected chi connectivity index (χ4v) is 2.63. The van der Waals surface area contributed by atoms with Crippen molar-refractivity contribution in [3.05, 3.63) is 18.2 Å². The zero-order chi connectivity index (χ0) is 13.0. The summed E-state index contributed by atoms with van der Waals surface area (Å²) in [6.45, 7) is 1.39. The average molecular weight is 272 g/mol. The van der Waals surface area contributed by atoms with E-state index in [1.165, 1.54) is 0 Å². The summed E-state index contributed by atoms with van der Waals surface area (Å²) in [5.41, 5.74) is 0.482. The van der Waals surface area contributed by atoms with Crippen LogP contribution in [-0.2, 0) is 10.0 Å². The van der Waals surface area contributed by atoms with Gasteiger partial charge in [0.05, 0.1) is 11.4 Å². The summed E-state index contributed by atoms with van der Waals surface area (Å²) < 4.78 is 36.7. The van der Waals surface area contributed by atoms with Crippen LogP contribution in [0.25, 0.3) is 0 Å². The molecule has 0 spiro atoms. The van der Waals surface area contributed by atoms with E-state index in [-0.39, 0.29) is 5.75 Å². The molecule has 1 aliphatic rings. The lowest BCUT2D eigenvalue weighted by Gasteiger charge is -2.19. The molecule has 0 radical (unpaired) electrons. The van der Waals surface area contributed by atoms with Gasteiger partial charge in [-0.25, -0.2) is 8.42 Å². The van der Waals surface area contributed by atoms with Gasteiger partial charge >= 0.3 is 0 Å². The normalized spacial score (nSPS) is 14.3. The Morgan fingerprint density at radius 1 is 1.22 bits per heavy atom. The Morgan fingerprint density at radius 3 is 2.67 bits per heavy atom. The summed E-state index contributed by atoms with van der Waals surface area (Å²) in [7, 11) is -1.62. The highest BCUT2D eigenvalue weighted by Crippen LogP contribution is 2.32. The molecule has 0 bridgehead atoms. The third-order valence-electron chi connectivity index (χ3n) is 2.44. The van der Waals surface area contributed by atoms with Gasteiger partial charge in [0.15, 0.2) is 11.5 Å². The number of fused-ring (bicyclic) bond motifs is 1. The molecule has 1 aliphatic heterocycles. The number of rotatable bonds is 5. The van der Waals surface area contributed by atoms with Gasteiger partial charge in [-0.2, -0.15) is 0 Å². The van der Waals surface area contributed by atoms with Gasteiger partial charge in [-0.05, 0) is 19.2 Å². The van der Waals surface area contributed by atoms with E-state index in [4.69, 9.17) is 9.47 Å². The molecule has 1 heterocycles. The number of hydrogen-bond donors (Lipinski definition) is 2. The second-order valence-corrected chi connectivity index (χ2v) is 5.72. The quantitative estimate of drug-likeness (QED) is 0.812. The lowest BCUT2D eigenvalue weighted by Crippen LogP contribution is -2.24. The minimum atomic E-state index is -3.33. The first-order chi connectivity index (χ1) is 8.61. The first kappa shape index (κ1) is 13.0. The standard InChI is InChI=1S/C11H16N2O4S/c1-12-4-7-18(14,15)13-9-2-3-10-11(8-9)17-6-5-16-10/h2-3,8,12-13H,4-7H2,1H3. The van der Waals surface area contributed by atoms with E-state index in [0.717, 1.165) is 0 Å². The van der Waals surface area contributed by atoms with Gasteiger partial charge in [-0.15, -0.1) is 0 Å². The Bertz CT molecular complexity index is 516. The van der Waals surface area contributed by atoms with E-state index in [1.54, 1.807) is 25.2 Å². The van der Waals surface area contributed by atoms with Crippen LogP contribution in [0.2, 0.25) is 0 Å². The van der Waals surface area contributed by atoms with Crippen LogP contribution in [0.15, 0.2) is 18.2 Å². The van der Waals surface area contributed by atoms with E-state index in [2.05, 4.69) is 10.0 Å². The van der Waals surface area contributed by atoms with Gasteiger partial charge in [-0.3, -0.25) is 4.72 Å². The number of hydrogen-bond acceptors (Lipinski definition) is 5. The van der Waals surface area contributed by atoms with Crippen LogP contribution < -0.4 is 19.5 Å². The maximum Gasteiger partial charge on any atom is 0.233 e. The van der Waals surface area contributed by atoms with E-state index in [1.807, 2.05) is 0 Å². The average Bonchev–Trinajstić information content (AvgIpc) is 2.36. The molecule has 0 saturated heterocycles. The van der Waals surface area contributed by atoms with Crippen LogP contribution in [0.5, 0.6) is 11.5 Å². The first-order valence-corrected chi connectivity index (χ1v) is 7.31. The zero-order valence-corrected chi connectivity index (χ0v) is 10.9. The summed E-state index contributed by atoms with van der Waals surface area (Å²) in [5.74, 6) is 1.23. The monoisotopic (exact) mass is 272 g/mol. The van der Waals surface area contributed by atoms with Crippen molar-refractivity contribution in [2.45, 2.75) is 0 Å². The number of benzene rings is 1. The Balaban J connectivity index is 2.10. The number of nitrogens with one attached hydrogen (secondary N) is 2. The summed E-state index contributed by atoms with van der Waals surface area (Å²) >= 11 is 0. The van der Waals surface area contributed by atoms with Crippen LogP contribution in [-0.4, -0.2) is 41.0 Å². The van der Waals surface area contributed by atoms with Crippen molar-refractivity contribution in [1.82, 2.24) is 5.32 Å². The molecule has 0 unspecified atom stereocenters. The highest BCUT2D eigenvalue weighted by atomic mass is 32.2. The van der Waals surface area contributed by atoms with Crippen molar-refractivity contribution in [2.75, 3.05) is 37.3 Å². The van der Waals surface area contributed by atoms with Crippen LogP contribution in [0, 0.1) is 0 Å². The maximum atomic E-state index is 11.7. The van der Waals surface area contributed by atoms with Crippen molar-refractivity contribution in [1.29, 1.82) is 0 Å². The minimum absolute atomic E-state index is 0.0257. The summed E-state index contributed by atoms with van der Waals surface area (Å²) in [4.78, 5) is 0. The minimum Gasteiger partial charge on any atom is -0.486 e. The molecule has 0 aromatic heterocycles. The fourth-order valence-electron chi connectivity index (χ4n) is 1.57. The zero-order valence-electron chi connectivity index (χ0n) is 10.1. The summed E-state index contributed by atoms with van der Waals surface area (Å²) in [6.07, 6.45) is 0. The van der Waals surface area contributed by atoms with E-state index < -0.39 is 10.0 Å². The van der Waals surface area contributed by atoms with Crippen molar-refractivity contribution in [3.8, 4) is 11.5 Å². The van der Waals surface area contributed by atoms with Gasteiger partial charge in [-0.1, -0.05) is 0 Å². The van der Waals surface area contributed by atoms with Gasteiger partial charge in [0.1, 0.15) is 13.2 Å². The van der Waals surface area contributed by atoms with Gasteiger partial charge in [0, 0.05) is 12.6 Å². The van der Waals surface area contributed by atoms with E-state index in [0.29, 0.717) is 36.9 Å².